The molecule has 5 rings (SSSR count). The standard InChI is InChI=1S/C29H25FN2O4/c1-2-36-21-7-5-6-19(16-21)27(33)25-26(23-17-31-24-9-4-3-8-22(23)24)32(29(35)28(25)34)15-14-18-10-12-20(30)13-11-18/h3-13,16-17,26,31,33H,2,14-15H2,1H3/b27-25+. The average Bonchev–Trinajstić information content (AvgIpc) is 3.42. The second-order valence-corrected chi connectivity index (χ2v) is 8.62. The van der Waals surface area contributed by atoms with Crippen LogP contribution in [0.4, 0.5) is 4.39 Å². The molecule has 0 saturated carbocycles. The maximum atomic E-state index is 13.4. The number of H-pyrrole nitrogens is 1. The number of nitrogens with one attached hydrogen (secondary N) is 1. The van der Waals surface area contributed by atoms with Crippen molar-refractivity contribution >= 4 is 28.4 Å². The van der Waals surface area contributed by atoms with Gasteiger partial charge in [-0.2, -0.15) is 0 Å². The van der Waals surface area contributed by atoms with Crippen LogP contribution >= 0.6 is 0 Å². The van der Waals surface area contributed by atoms with Crippen molar-refractivity contribution < 1.29 is 23.8 Å². The van der Waals surface area contributed by atoms with E-state index in [1.807, 2.05) is 31.2 Å². The number of para-hydroxylation sites is 1. The van der Waals surface area contributed by atoms with E-state index in [9.17, 15) is 19.1 Å². The molecule has 0 radical (unpaired) electrons. The summed E-state index contributed by atoms with van der Waals surface area (Å²) in [6, 6.07) is 19.7. The van der Waals surface area contributed by atoms with Crippen LogP contribution in [0, 0.1) is 5.82 Å². The zero-order chi connectivity index (χ0) is 25.2. The SMILES string of the molecule is CCOc1cccc(/C(O)=C2\C(=O)C(=O)N(CCc3ccc(F)cc3)C2c2c[nH]c3ccccc23)c1. The van der Waals surface area contributed by atoms with Crippen LogP contribution in [0.5, 0.6) is 5.75 Å². The summed E-state index contributed by atoms with van der Waals surface area (Å²) >= 11 is 0. The lowest BCUT2D eigenvalue weighted by Crippen LogP contribution is -2.31. The highest BCUT2D eigenvalue weighted by atomic mass is 19.1. The number of halogens is 1. The lowest BCUT2D eigenvalue weighted by Gasteiger charge is -2.25. The molecule has 1 fully saturated rings. The van der Waals surface area contributed by atoms with Crippen LogP contribution in [0.2, 0.25) is 0 Å². The number of rotatable bonds is 7. The van der Waals surface area contributed by atoms with Crippen molar-refractivity contribution in [3.63, 3.8) is 0 Å². The van der Waals surface area contributed by atoms with Gasteiger partial charge in [-0.3, -0.25) is 9.59 Å². The van der Waals surface area contributed by atoms with E-state index in [0.717, 1.165) is 16.5 Å². The monoisotopic (exact) mass is 484 g/mol. The molecule has 2 N–H and O–H groups in total. The molecule has 0 aliphatic carbocycles. The average molecular weight is 485 g/mol. The molecule has 2 heterocycles. The minimum atomic E-state index is -0.794. The largest absolute Gasteiger partial charge is 0.507 e. The van der Waals surface area contributed by atoms with Crippen LogP contribution in [-0.4, -0.2) is 39.8 Å². The van der Waals surface area contributed by atoms with Gasteiger partial charge in [0.1, 0.15) is 17.3 Å². The Morgan fingerprint density at radius 1 is 1.06 bits per heavy atom. The van der Waals surface area contributed by atoms with E-state index in [-0.39, 0.29) is 23.7 Å². The zero-order valence-electron chi connectivity index (χ0n) is 19.7. The van der Waals surface area contributed by atoms with Crippen LogP contribution in [0.15, 0.2) is 84.6 Å². The molecule has 0 spiro atoms. The van der Waals surface area contributed by atoms with E-state index in [0.29, 0.717) is 29.9 Å². The summed E-state index contributed by atoms with van der Waals surface area (Å²) in [5.74, 6) is -1.48. The lowest BCUT2D eigenvalue weighted by atomic mass is 9.94. The third-order valence-electron chi connectivity index (χ3n) is 6.43. The summed E-state index contributed by atoms with van der Waals surface area (Å²) in [5, 5.41) is 12.2. The second-order valence-electron chi connectivity index (χ2n) is 8.62. The molecule has 4 aromatic rings. The van der Waals surface area contributed by atoms with Gasteiger partial charge in [-0.05, 0) is 49.2 Å². The van der Waals surface area contributed by atoms with Crippen molar-refractivity contribution in [2.75, 3.05) is 13.2 Å². The fraction of sp³-hybridized carbons (Fsp3) is 0.172. The second kappa shape index (κ2) is 9.70. The van der Waals surface area contributed by atoms with Gasteiger partial charge in [-0.1, -0.05) is 42.5 Å². The maximum absolute atomic E-state index is 13.4. The Bertz CT molecular complexity index is 1470. The van der Waals surface area contributed by atoms with Gasteiger partial charge in [0, 0.05) is 34.8 Å². The highest BCUT2D eigenvalue weighted by Crippen LogP contribution is 2.42. The molecule has 6 nitrogen and oxygen atoms in total. The first-order valence-corrected chi connectivity index (χ1v) is 11.8. The number of aliphatic hydroxyl groups excluding tert-OH is 1. The predicted octanol–water partition coefficient (Wildman–Crippen LogP) is 5.37. The number of ether oxygens (including phenoxy) is 1. The number of carbonyl (C=O) groups excluding carboxylic acids is 2. The van der Waals surface area contributed by atoms with Gasteiger partial charge >= 0.3 is 0 Å². The van der Waals surface area contributed by atoms with Crippen molar-refractivity contribution in [2.45, 2.75) is 19.4 Å². The lowest BCUT2D eigenvalue weighted by molar-refractivity contribution is -0.139. The number of ketones is 1. The number of hydrogen-bond acceptors (Lipinski definition) is 4. The first-order valence-electron chi connectivity index (χ1n) is 11.8. The Hall–Kier alpha value is -4.39. The number of carbonyl (C=O) groups is 2. The van der Waals surface area contributed by atoms with E-state index in [1.54, 1.807) is 42.6 Å². The predicted molar refractivity (Wildman–Crippen MR) is 135 cm³/mol. The topological polar surface area (TPSA) is 82.6 Å². The number of amides is 1. The van der Waals surface area contributed by atoms with Gasteiger partial charge in [0.05, 0.1) is 18.2 Å². The Morgan fingerprint density at radius 2 is 1.83 bits per heavy atom. The summed E-state index contributed by atoms with van der Waals surface area (Å²) in [7, 11) is 0. The van der Waals surface area contributed by atoms with Crippen LogP contribution in [0.25, 0.3) is 16.7 Å². The van der Waals surface area contributed by atoms with E-state index in [2.05, 4.69) is 4.98 Å². The van der Waals surface area contributed by atoms with E-state index in [4.69, 9.17) is 4.74 Å². The molecule has 0 bridgehead atoms. The van der Waals surface area contributed by atoms with E-state index >= 15 is 0 Å². The maximum Gasteiger partial charge on any atom is 0.295 e. The number of nitrogens with zero attached hydrogens (tertiary/aromatic N) is 1. The minimum Gasteiger partial charge on any atom is -0.507 e. The molecule has 182 valence electrons. The smallest absolute Gasteiger partial charge is 0.295 e. The van der Waals surface area contributed by atoms with Crippen molar-refractivity contribution in [3.05, 3.63) is 107 Å². The number of aromatic nitrogens is 1. The number of fused-ring (bicyclic) bond motifs is 1. The molecule has 7 heteroatoms. The Morgan fingerprint density at radius 3 is 2.61 bits per heavy atom. The van der Waals surface area contributed by atoms with Gasteiger partial charge in [0.2, 0.25) is 0 Å². The van der Waals surface area contributed by atoms with Crippen LogP contribution < -0.4 is 4.74 Å². The van der Waals surface area contributed by atoms with Gasteiger partial charge in [-0.25, -0.2) is 4.39 Å². The quantitative estimate of drug-likeness (QED) is 0.210. The molecule has 1 aliphatic rings. The fourth-order valence-electron chi connectivity index (χ4n) is 4.71. The molecule has 1 aliphatic heterocycles. The van der Waals surface area contributed by atoms with Crippen molar-refractivity contribution in [1.29, 1.82) is 0 Å². The molecular weight excluding hydrogens is 459 g/mol. The number of aromatic amines is 1. The fourth-order valence-corrected chi connectivity index (χ4v) is 4.71. The first-order chi connectivity index (χ1) is 17.5. The molecule has 1 unspecified atom stereocenters. The van der Waals surface area contributed by atoms with Crippen LogP contribution in [0.1, 0.15) is 29.7 Å². The van der Waals surface area contributed by atoms with Gasteiger partial charge < -0.3 is 19.7 Å². The van der Waals surface area contributed by atoms with Crippen molar-refractivity contribution in [2.24, 2.45) is 0 Å². The molecule has 1 aromatic heterocycles. The summed E-state index contributed by atoms with van der Waals surface area (Å²) in [6.45, 7) is 2.53. The van der Waals surface area contributed by atoms with E-state index < -0.39 is 17.7 Å². The number of hydrogen-bond donors (Lipinski definition) is 2. The number of aliphatic hydroxyl groups is 1. The number of likely N-dealkylation sites (tertiary alicyclic amines) is 1. The van der Waals surface area contributed by atoms with Crippen LogP contribution in [0.3, 0.4) is 0 Å². The third kappa shape index (κ3) is 4.24. The normalized spacial score (nSPS) is 17.2. The minimum absolute atomic E-state index is 0.0255. The van der Waals surface area contributed by atoms with E-state index in [1.165, 1.54) is 17.0 Å². The summed E-state index contributed by atoms with van der Waals surface area (Å²) in [4.78, 5) is 31.3. The Balaban J connectivity index is 1.61. The molecule has 1 atom stereocenters. The molecular formula is C29H25FN2O4. The first kappa shape index (κ1) is 23.4. The third-order valence-corrected chi connectivity index (χ3v) is 6.43. The molecule has 1 amide bonds. The highest BCUT2D eigenvalue weighted by molar-refractivity contribution is 6.46. The number of benzene rings is 3. The van der Waals surface area contributed by atoms with Crippen molar-refractivity contribution in [1.82, 2.24) is 9.88 Å². The van der Waals surface area contributed by atoms with Gasteiger partial charge in [0.15, 0.2) is 0 Å². The zero-order valence-corrected chi connectivity index (χ0v) is 19.7. The summed E-state index contributed by atoms with van der Waals surface area (Å²) < 4.78 is 18.9. The molecule has 36 heavy (non-hydrogen) atoms. The molecule has 1 saturated heterocycles. The van der Waals surface area contributed by atoms with Gasteiger partial charge in [0.25, 0.3) is 11.7 Å². The molecule has 3 aromatic carbocycles. The van der Waals surface area contributed by atoms with Gasteiger partial charge in [-0.15, -0.1) is 0 Å². The Kier molecular flexibility index (Phi) is 6.29. The Labute approximate surface area is 207 Å². The number of Topliss-reactive ketones (excluding diaryl/α,β-unsaturated/α-hetero) is 1. The summed E-state index contributed by atoms with van der Waals surface area (Å²) in [5.41, 5.74) is 2.82. The summed E-state index contributed by atoms with van der Waals surface area (Å²) in [6.07, 6.45) is 2.20. The van der Waals surface area contributed by atoms with Crippen LogP contribution in [-0.2, 0) is 16.0 Å². The highest BCUT2D eigenvalue weighted by Gasteiger charge is 2.46. The van der Waals surface area contributed by atoms with Crippen molar-refractivity contribution in [3.8, 4) is 5.75 Å².